The SMILES string of the molecule is CC#Cc1nc([N+](=O)[O-])c(COS(C)(=O)=O)n1C. The maximum Gasteiger partial charge on any atom is 0.388 e. The van der Waals surface area contributed by atoms with Gasteiger partial charge in [-0.2, -0.15) is 8.42 Å². The zero-order valence-electron chi connectivity index (χ0n) is 10.00. The lowest BCUT2D eigenvalue weighted by atomic mass is 10.4. The molecule has 0 fully saturated rings. The van der Waals surface area contributed by atoms with Crippen molar-refractivity contribution in [2.75, 3.05) is 6.26 Å². The van der Waals surface area contributed by atoms with Crippen LogP contribution in [0.25, 0.3) is 0 Å². The molecule has 0 N–H and O–H groups in total. The van der Waals surface area contributed by atoms with Crippen LogP contribution in [0.4, 0.5) is 5.82 Å². The lowest BCUT2D eigenvalue weighted by Gasteiger charge is -2.02. The van der Waals surface area contributed by atoms with Gasteiger partial charge in [0.25, 0.3) is 15.9 Å². The van der Waals surface area contributed by atoms with E-state index >= 15 is 0 Å². The van der Waals surface area contributed by atoms with E-state index in [0.717, 1.165) is 6.26 Å². The first-order chi connectivity index (χ1) is 8.26. The molecule has 0 aliphatic rings. The second-order valence-electron chi connectivity index (χ2n) is 3.36. The molecule has 0 saturated heterocycles. The molecule has 0 radical (unpaired) electrons. The van der Waals surface area contributed by atoms with Crippen LogP contribution in [0.2, 0.25) is 0 Å². The van der Waals surface area contributed by atoms with Gasteiger partial charge in [0, 0.05) is 7.05 Å². The van der Waals surface area contributed by atoms with Gasteiger partial charge in [-0.1, -0.05) is 5.92 Å². The van der Waals surface area contributed by atoms with Gasteiger partial charge in [-0.3, -0.25) is 8.75 Å². The monoisotopic (exact) mass is 273 g/mol. The van der Waals surface area contributed by atoms with Gasteiger partial charge < -0.3 is 10.1 Å². The second-order valence-corrected chi connectivity index (χ2v) is 5.01. The van der Waals surface area contributed by atoms with Crippen molar-refractivity contribution in [1.82, 2.24) is 9.55 Å². The normalized spacial score (nSPS) is 10.8. The molecule has 0 saturated carbocycles. The zero-order valence-corrected chi connectivity index (χ0v) is 10.8. The van der Waals surface area contributed by atoms with E-state index in [1.54, 1.807) is 6.92 Å². The maximum absolute atomic E-state index is 10.9. The molecule has 1 aromatic heterocycles. The van der Waals surface area contributed by atoms with Crippen LogP contribution < -0.4 is 0 Å². The summed E-state index contributed by atoms with van der Waals surface area (Å²) in [5, 5.41) is 10.8. The number of rotatable bonds is 4. The molecule has 18 heavy (non-hydrogen) atoms. The number of nitrogens with zero attached hydrogens (tertiary/aromatic N) is 3. The Kier molecular flexibility index (Phi) is 4.05. The topological polar surface area (TPSA) is 104 Å². The van der Waals surface area contributed by atoms with Crippen LogP contribution in [0.15, 0.2) is 0 Å². The summed E-state index contributed by atoms with van der Waals surface area (Å²) < 4.78 is 27.6. The molecule has 0 aromatic carbocycles. The van der Waals surface area contributed by atoms with Crippen LogP contribution in [0, 0.1) is 22.0 Å². The standard InChI is InChI=1S/C9H11N3O5S/c1-4-5-8-10-9(12(13)14)7(11(8)2)6-17-18(3,15)16/h6H2,1-3H3. The van der Waals surface area contributed by atoms with Crippen LogP contribution in [0.3, 0.4) is 0 Å². The molecule has 0 unspecified atom stereocenters. The maximum atomic E-state index is 10.9. The summed E-state index contributed by atoms with van der Waals surface area (Å²) in [6.45, 7) is 1.11. The van der Waals surface area contributed by atoms with Gasteiger partial charge in [0.05, 0.1) is 6.26 Å². The van der Waals surface area contributed by atoms with Crippen molar-refractivity contribution in [2.45, 2.75) is 13.5 Å². The van der Waals surface area contributed by atoms with Gasteiger partial charge in [0.2, 0.25) is 0 Å². The highest BCUT2D eigenvalue weighted by molar-refractivity contribution is 7.85. The fourth-order valence-corrected chi connectivity index (χ4v) is 1.54. The fourth-order valence-electron chi connectivity index (χ4n) is 1.21. The number of aromatic nitrogens is 2. The first kappa shape index (κ1) is 14.1. The minimum Gasteiger partial charge on any atom is -0.358 e. The molecule has 1 rings (SSSR count). The molecular weight excluding hydrogens is 262 g/mol. The van der Waals surface area contributed by atoms with Gasteiger partial charge in [0.15, 0.2) is 0 Å². The van der Waals surface area contributed by atoms with Crippen molar-refractivity contribution in [1.29, 1.82) is 0 Å². The molecule has 1 aromatic rings. The number of hydrogen-bond donors (Lipinski definition) is 0. The van der Waals surface area contributed by atoms with E-state index in [9.17, 15) is 18.5 Å². The Labute approximate surface area is 104 Å². The Hall–Kier alpha value is -1.92. The zero-order chi connectivity index (χ0) is 13.9. The van der Waals surface area contributed by atoms with Gasteiger partial charge >= 0.3 is 5.82 Å². The lowest BCUT2D eigenvalue weighted by molar-refractivity contribution is -0.390. The average Bonchev–Trinajstić information content (AvgIpc) is 2.53. The minimum atomic E-state index is -3.68. The highest BCUT2D eigenvalue weighted by Gasteiger charge is 2.25. The predicted molar refractivity (Wildman–Crippen MR) is 62.0 cm³/mol. The molecule has 0 amide bonds. The molecule has 9 heteroatoms. The third-order valence-electron chi connectivity index (χ3n) is 2.01. The third-order valence-corrected chi connectivity index (χ3v) is 2.56. The van der Waals surface area contributed by atoms with E-state index in [2.05, 4.69) is 21.0 Å². The lowest BCUT2D eigenvalue weighted by Crippen LogP contribution is -2.08. The molecule has 98 valence electrons. The van der Waals surface area contributed by atoms with Crippen molar-refractivity contribution >= 4 is 15.9 Å². The van der Waals surface area contributed by atoms with Crippen molar-refractivity contribution in [3.8, 4) is 11.8 Å². The highest BCUT2D eigenvalue weighted by Crippen LogP contribution is 2.19. The third kappa shape index (κ3) is 3.28. The van der Waals surface area contributed by atoms with Crippen LogP contribution in [-0.4, -0.2) is 29.1 Å². The first-order valence-corrected chi connectivity index (χ1v) is 6.55. The van der Waals surface area contributed by atoms with Gasteiger partial charge in [-0.15, -0.1) is 0 Å². The largest absolute Gasteiger partial charge is 0.388 e. The minimum absolute atomic E-state index is 0.0446. The summed E-state index contributed by atoms with van der Waals surface area (Å²) in [5.41, 5.74) is 0.0446. The molecule has 0 aliphatic heterocycles. The Bertz CT molecular complexity index is 635. The fraction of sp³-hybridized carbons (Fsp3) is 0.444. The van der Waals surface area contributed by atoms with E-state index in [-0.39, 0.29) is 11.5 Å². The molecule has 8 nitrogen and oxygen atoms in total. The summed E-state index contributed by atoms with van der Waals surface area (Å²) in [5.74, 6) is 4.86. The summed E-state index contributed by atoms with van der Waals surface area (Å²) >= 11 is 0. The first-order valence-electron chi connectivity index (χ1n) is 4.73. The molecule has 1 heterocycles. The molecule has 0 bridgehead atoms. The predicted octanol–water partition coefficient (Wildman–Crippen LogP) is 0.176. The Morgan fingerprint density at radius 1 is 1.56 bits per heavy atom. The average molecular weight is 273 g/mol. The molecular formula is C9H11N3O5S. The molecule has 0 spiro atoms. The van der Waals surface area contributed by atoms with E-state index < -0.39 is 27.5 Å². The van der Waals surface area contributed by atoms with Crippen LogP contribution >= 0.6 is 0 Å². The molecule has 0 atom stereocenters. The van der Waals surface area contributed by atoms with Crippen LogP contribution in [0.1, 0.15) is 18.4 Å². The van der Waals surface area contributed by atoms with Crippen molar-refractivity contribution in [3.63, 3.8) is 0 Å². The summed E-state index contributed by atoms with van der Waals surface area (Å²) in [6, 6.07) is 0. The van der Waals surface area contributed by atoms with Crippen molar-refractivity contribution < 1.29 is 17.5 Å². The smallest absolute Gasteiger partial charge is 0.358 e. The van der Waals surface area contributed by atoms with Crippen LogP contribution in [-0.2, 0) is 28.0 Å². The summed E-state index contributed by atoms with van der Waals surface area (Å²) in [6.07, 6.45) is 0.863. The van der Waals surface area contributed by atoms with Gasteiger partial charge in [0.1, 0.15) is 12.3 Å². The van der Waals surface area contributed by atoms with E-state index in [0.29, 0.717) is 0 Å². The number of nitro groups is 1. The summed E-state index contributed by atoms with van der Waals surface area (Å²) in [7, 11) is -2.18. The number of hydrogen-bond acceptors (Lipinski definition) is 6. The van der Waals surface area contributed by atoms with Gasteiger partial charge in [-0.05, 0) is 22.8 Å². The number of imidazole rings is 1. The molecule has 0 aliphatic carbocycles. The second kappa shape index (κ2) is 5.16. The Balaban J connectivity index is 3.22. The summed E-state index contributed by atoms with van der Waals surface area (Å²) in [4.78, 5) is 13.8. The highest BCUT2D eigenvalue weighted by atomic mass is 32.2. The van der Waals surface area contributed by atoms with Crippen molar-refractivity contribution in [2.24, 2.45) is 7.05 Å². The van der Waals surface area contributed by atoms with Crippen LogP contribution in [0.5, 0.6) is 0 Å². The quantitative estimate of drug-likeness (QED) is 0.335. The Morgan fingerprint density at radius 3 is 2.61 bits per heavy atom. The van der Waals surface area contributed by atoms with Gasteiger partial charge in [-0.25, -0.2) is 0 Å². The van der Waals surface area contributed by atoms with E-state index in [1.807, 2.05) is 0 Å². The van der Waals surface area contributed by atoms with E-state index in [4.69, 9.17) is 0 Å². The Morgan fingerprint density at radius 2 is 2.17 bits per heavy atom. The van der Waals surface area contributed by atoms with E-state index in [1.165, 1.54) is 11.6 Å². The van der Waals surface area contributed by atoms with Crippen molar-refractivity contribution in [3.05, 3.63) is 21.6 Å².